The van der Waals surface area contributed by atoms with Crippen molar-refractivity contribution in [2.45, 2.75) is 12.8 Å². The quantitative estimate of drug-likeness (QED) is 0.930. The van der Waals surface area contributed by atoms with Gasteiger partial charge in [-0.1, -0.05) is 18.2 Å². The molecular formula is C14H12N2O2S. The summed E-state index contributed by atoms with van der Waals surface area (Å²) in [5.41, 5.74) is 1.94. The van der Waals surface area contributed by atoms with Crippen LogP contribution < -0.4 is 0 Å². The Morgan fingerprint density at radius 1 is 1.47 bits per heavy atom. The molecule has 3 rings (SSSR count). The molecule has 96 valence electrons. The fourth-order valence-electron chi connectivity index (χ4n) is 2.14. The Bertz CT molecular complexity index is 666. The van der Waals surface area contributed by atoms with E-state index in [0.717, 1.165) is 23.4 Å². The van der Waals surface area contributed by atoms with Crippen LogP contribution in [0, 0.1) is 0 Å². The molecule has 0 saturated heterocycles. The molecular weight excluding hydrogens is 260 g/mol. The van der Waals surface area contributed by atoms with Crippen molar-refractivity contribution in [3.05, 3.63) is 47.5 Å². The molecule has 0 atom stereocenters. The van der Waals surface area contributed by atoms with Gasteiger partial charge in [-0.3, -0.25) is 0 Å². The molecule has 2 aromatic rings. The van der Waals surface area contributed by atoms with Gasteiger partial charge in [-0.05, 0) is 30.4 Å². The molecule has 19 heavy (non-hydrogen) atoms. The van der Waals surface area contributed by atoms with Crippen LogP contribution in [0.25, 0.3) is 16.3 Å². The predicted molar refractivity (Wildman–Crippen MR) is 75.1 cm³/mol. The summed E-state index contributed by atoms with van der Waals surface area (Å²) in [7, 11) is 0. The lowest BCUT2D eigenvalue weighted by atomic mass is 10.1. The second kappa shape index (κ2) is 4.85. The summed E-state index contributed by atoms with van der Waals surface area (Å²) < 4.78 is 1.75. The SMILES string of the molecule is O=C(O)c1cnn(C2=CC=CCC2)c1-c1cccs1. The molecule has 5 heteroatoms. The molecule has 0 saturated carbocycles. The molecule has 0 fully saturated rings. The Kier molecular flexibility index (Phi) is 3.05. The van der Waals surface area contributed by atoms with E-state index in [4.69, 9.17) is 0 Å². The molecule has 1 aliphatic carbocycles. The number of carbonyl (C=O) groups is 1. The van der Waals surface area contributed by atoms with Crippen LogP contribution in [0.15, 0.2) is 41.9 Å². The highest BCUT2D eigenvalue weighted by molar-refractivity contribution is 7.13. The van der Waals surface area contributed by atoms with Gasteiger partial charge in [0, 0.05) is 5.70 Å². The third-order valence-corrected chi connectivity index (χ3v) is 3.89. The zero-order valence-electron chi connectivity index (χ0n) is 10.1. The van der Waals surface area contributed by atoms with E-state index in [1.807, 2.05) is 29.7 Å². The monoisotopic (exact) mass is 272 g/mol. The summed E-state index contributed by atoms with van der Waals surface area (Å²) in [6, 6.07) is 3.84. The first-order valence-electron chi connectivity index (χ1n) is 5.98. The van der Waals surface area contributed by atoms with Gasteiger partial charge in [0.05, 0.1) is 16.8 Å². The van der Waals surface area contributed by atoms with Crippen LogP contribution in [0.2, 0.25) is 0 Å². The second-order valence-corrected chi connectivity index (χ2v) is 5.17. The molecule has 1 aliphatic rings. The average molecular weight is 272 g/mol. The van der Waals surface area contributed by atoms with Crippen molar-refractivity contribution < 1.29 is 9.90 Å². The zero-order chi connectivity index (χ0) is 13.2. The minimum atomic E-state index is -0.943. The van der Waals surface area contributed by atoms with E-state index in [-0.39, 0.29) is 5.56 Å². The Morgan fingerprint density at radius 2 is 2.37 bits per heavy atom. The van der Waals surface area contributed by atoms with Crippen molar-refractivity contribution in [2.24, 2.45) is 0 Å². The zero-order valence-corrected chi connectivity index (χ0v) is 10.9. The van der Waals surface area contributed by atoms with Crippen molar-refractivity contribution >= 4 is 23.0 Å². The van der Waals surface area contributed by atoms with Crippen LogP contribution in [0.1, 0.15) is 23.2 Å². The maximum atomic E-state index is 11.3. The average Bonchev–Trinajstić information content (AvgIpc) is 3.08. The van der Waals surface area contributed by atoms with Crippen LogP contribution in [0.3, 0.4) is 0 Å². The van der Waals surface area contributed by atoms with Gasteiger partial charge in [-0.15, -0.1) is 11.3 Å². The maximum Gasteiger partial charge on any atom is 0.339 e. The van der Waals surface area contributed by atoms with Crippen LogP contribution >= 0.6 is 11.3 Å². The number of rotatable bonds is 3. The number of hydrogen-bond donors (Lipinski definition) is 1. The number of nitrogens with zero attached hydrogens (tertiary/aromatic N) is 2. The molecule has 0 bridgehead atoms. The van der Waals surface area contributed by atoms with E-state index in [2.05, 4.69) is 11.2 Å². The number of allylic oxidation sites excluding steroid dienone is 4. The summed E-state index contributed by atoms with van der Waals surface area (Å²) in [5.74, 6) is -0.943. The summed E-state index contributed by atoms with van der Waals surface area (Å²) in [6.07, 6.45) is 9.32. The highest BCUT2D eigenvalue weighted by atomic mass is 32.1. The van der Waals surface area contributed by atoms with E-state index in [1.165, 1.54) is 17.5 Å². The molecule has 2 heterocycles. The van der Waals surface area contributed by atoms with Crippen LogP contribution in [0.5, 0.6) is 0 Å². The van der Waals surface area contributed by atoms with Crippen molar-refractivity contribution in [3.8, 4) is 10.6 Å². The van der Waals surface area contributed by atoms with Crippen LogP contribution in [0.4, 0.5) is 0 Å². The fourth-order valence-corrected chi connectivity index (χ4v) is 2.91. The summed E-state index contributed by atoms with van der Waals surface area (Å²) in [4.78, 5) is 12.3. The van der Waals surface area contributed by atoms with Gasteiger partial charge in [0.2, 0.25) is 0 Å². The highest BCUT2D eigenvalue weighted by Gasteiger charge is 2.21. The molecule has 0 spiro atoms. The molecule has 0 unspecified atom stereocenters. The Balaban J connectivity index is 2.18. The topological polar surface area (TPSA) is 55.1 Å². The summed E-state index contributed by atoms with van der Waals surface area (Å²) in [5, 5.41) is 15.5. The smallest absolute Gasteiger partial charge is 0.339 e. The first kappa shape index (κ1) is 11.9. The number of aromatic nitrogens is 2. The number of aromatic carboxylic acids is 1. The van der Waals surface area contributed by atoms with Crippen LogP contribution in [-0.4, -0.2) is 20.9 Å². The molecule has 0 aromatic carbocycles. The van der Waals surface area contributed by atoms with E-state index in [0.29, 0.717) is 5.69 Å². The standard InChI is InChI=1S/C14H12N2O2S/c17-14(18)11-9-15-16(10-5-2-1-3-6-10)13(11)12-7-4-8-19-12/h1-2,4-5,7-9H,3,6H2,(H,17,18). The third kappa shape index (κ3) is 2.13. The number of carboxylic acid groups (broad SMARTS) is 1. The molecule has 0 amide bonds. The summed E-state index contributed by atoms with van der Waals surface area (Å²) >= 11 is 1.52. The first-order valence-corrected chi connectivity index (χ1v) is 6.86. The van der Waals surface area contributed by atoms with Crippen molar-refractivity contribution in [1.82, 2.24) is 9.78 Å². The molecule has 0 aliphatic heterocycles. The van der Waals surface area contributed by atoms with Crippen molar-refractivity contribution in [1.29, 1.82) is 0 Å². The van der Waals surface area contributed by atoms with Gasteiger partial charge in [-0.25, -0.2) is 9.48 Å². The minimum Gasteiger partial charge on any atom is -0.478 e. The summed E-state index contributed by atoms with van der Waals surface area (Å²) in [6.45, 7) is 0. The van der Waals surface area contributed by atoms with Gasteiger partial charge in [0.15, 0.2) is 0 Å². The highest BCUT2D eigenvalue weighted by Crippen LogP contribution is 2.31. The third-order valence-electron chi connectivity index (χ3n) is 3.02. The maximum absolute atomic E-state index is 11.3. The Morgan fingerprint density at radius 3 is 3.00 bits per heavy atom. The lowest BCUT2D eigenvalue weighted by Crippen LogP contribution is -2.04. The number of carboxylic acids is 1. The van der Waals surface area contributed by atoms with Gasteiger partial charge >= 0.3 is 5.97 Å². The van der Waals surface area contributed by atoms with Gasteiger partial charge in [0.25, 0.3) is 0 Å². The molecule has 2 aromatic heterocycles. The molecule has 1 N–H and O–H groups in total. The fraction of sp³-hybridized carbons (Fsp3) is 0.143. The number of thiophene rings is 1. The van der Waals surface area contributed by atoms with E-state index >= 15 is 0 Å². The van der Waals surface area contributed by atoms with E-state index in [1.54, 1.807) is 4.68 Å². The van der Waals surface area contributed by atoms with Gasteiger partial charge < -0.3 is 5.11 Å². The van der Waals surface area contributed by atoms with E-state index < -0.39 is 5.97 Å². The van der Waals surface area contributed by atoms with Gasteiger partial charge in [-0.2, -0.15) is 5.10 Å². The Labute approximate surface area is 114 Å². The Hall–Kier alpha value is -2.14. The molecule has 0 radical (unpaired) electrons. The normalized spacial score (nSPS) is 14.4. The minimum absolute atomic E-state index is 0.248. The largest absolute Gasteiger partial charge is 0.478 e. The first-order chi connectivity index (χ1) is 9.27. The lowest BCUT2D eigenvalue weighted by molar-refractivity contribution is 0.0698. The number of hydrogen-bond acceptors (Lipinski definition) is 3. The van der Waals surface area contributed by atoms with Crippen LogP contribution in [-0.2, 0) is 0 Å². The predicted octanol–water partition coefficient (Wildman–Crippen LogP) is 3.50. The van der Waals surface area contributed by atoms with E-state index in [9.17, 15) is 9.90 Å². The molecule has 4 nitrogen and oxygen atoms in total. The van der Waals surface area contributed by atoms with Crippen molar-refractivity contribution in [2.75, 3.05) is 0 Å². The van der Waals surface area contributed by atoms with Crippen molar-refractivity contribution in [3.63, 3.8) is 0 Å². The second-order valence-electron chi connectivity index (χ2n) is 4.23. The van der Waals surface area contributed by atoms with Gasteiger partial charge in [0.1, 0.15) is 5.56 Å². The lowest BCUT2D eigenvalue weighted by Gasteiger charge is -2.12.